The minimum Gasteiger partial charge on any atom is -0.368 e. The first-order chi connectivity index (χ1) is 14.6. The molecule has 31 heavy (non-hydrogen) atoms. The monoisotopic (exact) mass is 428 g/mol. The number of pyridine rings is 2. The van der Waals surface area contributed by atoms with Crippen LogP contribution in [-0.2, 0) is 12.6 Å². The molecule has 0 amide bonds. The van der Waals surface area contributed by atoms with Crippen molar-refractivity contribution >= 4 is 11.6 Å². The van der Waals surface area contributed by atoms with E-state index in [0.717, 1.165) is 11.6 Å². The number of rotatable bonds is 7. The molecule has 0 saturated heterocycles. The first kappa shape index (κ1) is 22.4. The Morgan fingerprint density at radius 3 is 2.42 bits per heavy atom. The number of hydrogen-bond acceptors (Lipinski definition) is 5. The fraction of sp³-hybridized carbons (Fsp3) is 0.261. The molecule has 8 heteroatoms. The van der Waals surface area contributed by atoms with Gasteiger partial charge in [-0.05, 0) is 50.1 Å². The van der Waals surface area contributed by atoms with Crippen LogP contribution in [0, 0.1) is 6.92 Å². The number of aromatic nitrogens is 2. The van der Waals surface area contributed by atoms with Crippen LogP contribution in [0.4, 0.5) is 19.0 Å². The van der Waals surface area contributed by atoms with Gasteiger partial charge in [-0.2, -0.15) is 13.2 Å². The summed E-state index contributed by atoms with van der Waals surface area (Å²) >= 11 is 0. The third kappa shape index (κ3) is 5.67. The number of aryl methyl sites for hydroxylation is 1. The van der Waals surface area contributed by atoms with Gasteiger partial charge in [0.25, 0.3) is 0 Å². The van der Waals surface area contributed by atoms with Gasteiger partial charge in [-0.3, -0.25) is 9.78 Å². The summed E-state index contributed by atoms with van der Waals surface area (Å²) in [6.07, 6.45) is -2.69. The minimum absolute atomic E-state index is 0.0744. The number of anilines is 1. The topological polar surface area (TPSA) is 80.9 Å². The first-order valence-electron chi connectivity index (χ1n) is 9.68. The van der Waals surface area contributed by atoms with Crippen molar-refractivity contribution in [2.45, 2.75) is 32.0 Å². The van der Waals surface area contributed by atoms with Crippen LogP contribution < -0.4 is 11.1 Å². The summed E-state index contributed by atoms with van der Waals surface area (Å²) in [7, 11) is 0. The number of ketones is 1. The number of nitrogens with zero attached hydrogens (tertiary/aromatic N) is 2. The number of carbonyl (C=O) groups is 1. The molecule has 3 aromatic rings. The van der Waals surface area contributed by atoms with E-state index in [1.807, 2.05) is 37.3 Å². The van der Waals surface area contributed by atoms with Crippen LogP contribution in [0.15, 0.2) is 60.8 Å². The molecular weight excluding hydrogens is 405 g/mol. The van der Waals surface area contributed by atoms with Crippen molar-refractivity contribution in [3.05, 3.63) is 88.9 Å². The molecule has 0 aliphatic heterocycles. The predicted octanol–water partition coefficient (Wildman–Crippen LogP) is 4.41. The van der Waals surface area contributed by atoms with E-state index in [1.165, 1.54) is 24.4 Å². The lowest BCUT2D eigenvalue weighted by Gasteiger charge is -2.25. The molecule has 1 aromatic carbocycles. The third-order valence-electron chi connectivity index (χ3n) is 4.79. The summed E-state index contributed by atoms with van der Waals surface area (Å²) in [5, 5.41) is 2.97. The van der Waals surface area contributed by atoms with Crippen LogP contribution in [0.5, 0.6) is 0 Å². The number of carbonyl (C=O) groups excluding carboxylic acids is 1. The van der Waals surface area contributed by atoms with Crippen molar-refractivity contribution in [1.29, 1.82) is 0 Å². The Morgan fingerprint density at radius 2 is 1.77 bits per heavy atom. The number of nitrogens with one attached hydrogen (secondary N) is 1. The van der Waals surface area contributed by atoms with E-state index < -0.39 is 28.8 Å². The predicted molar refractivity (Wildman–Crippen MR) is 113 cm³/mol. The highest BCUT2D eigenvalue weighted by molar-refractivity contribution is 6.09. The van der Waals surface area contributed by atoms with Gasteiger partial charge in [0, 0.05) is 29.5 Å². The van der Waals surface area contributed by atoms with Gasteiger partial charge in [-0.1, -0.05) is 30.3 Å². The van der Waals surface area contributed by atoms with Gasteiger partial charge in [0.05, 0.1) is 5.56 Å². The van der Waals surface area contributed by atoms with Crippen LogP contribution in [0.3, 0.4) is 0 Å². The summed E-state index contributed by atoms with van der Waals surface area (Å²) in [4.78, 5) is 20.9. The number of alkyl halides is 3. The summed E-state index contributed by atoms with van der Waals surface area (Å²) in [6, 6.07) is 14.6. The fourth-order valence-electron chi connectivity index (χ4n) is 3.23. The largest absolute Gasteiger partial charge is 0.418 e. The van der Waals surface area contributed by atoms with Gasteiger partial charge in [-0.15, -0.1) is 0 Å². The SMILES string of the molecule is Cc1ncccc1C(=O)c1nc(NCC(C)(N)Cc2ccccc2)ccc1C(F)(F)F. The normalized spacial score (nSPS) is 13.5. The molecule has 0 bridgehead atoms. The van der Waals surface area contributed by atoms with Crippen LogP contribution in [0.25, 0.3) is 0 Å². The van der Waals surface area contributed by atoms with Crippen molar-refractivity contribution < 1.29 is 18.0 Å². The van der Waals surface area contributed by atoms with E-state index in [-0.39, 0.29) is 17.9 Å². The molecule has 3 N–H and O–H groups in total. The Balaban J connectivity index is 1.86. The second-order valence-electron chi connectivity index (χ2n) is 7.73. The standard InChI is InChI=1S/C23H23F3N4O/c1-15-17(9-6-12-28-15)21(31)20-18(23(24,25)26)10-11-19(30-20)29-14-22(2,27)13-16-7-4-3-5-8-16/h3-12H,13-14,27H2,1-2H3,(H,29,30). The van der Waals surface area contributed by atoms with Crippen molar-refractivity contribution in [2.75, 3.05) is 11.9 Å². The van der Waals surface area contributed by atoms with Gasteiger partial charge in [0.2, 0.25) is 5.78 Å². The molecule has 0 saturated carbocycles. The van der Waals surface area contributed by atoms with Gasteiger partial charge in [0.1, 0.15) is 11.5 Å². The molecule has 0 radical (unpaired) electrons. The second kappa shape index (κ2) is 8.85. The van der Waals surface area contributed by atoms with Crippen LogP contribution in [0.1, 0.15) is 39.8 Å². The molecule has 162 valence electrons. The molecule has 3 rings (SSSR count). The second-order valence-corrected chi connectivity index (χ2v) is 7.73. The average molecular weight is 428 g/mol. The minimum atomic E-state index is -4.72. The quantitative estimate of drug-likeness (QED) is 0.545. The number of halogens is 3. The highest BCUT2D eigenvalue weighted by Crippen LogP contribution is 2.33. The molecule has 0 aliphatic carbocycles. The van der Waals surface area contributed by atoms with Crippen molar-refractivity contribution in [3.63, 3.8) is 0 Å². The number of benzene rings is 1. The maximum Gasteiger partial charge on any atom is 0.418 e. The molecular formula is C23H23F3N4O. The smallest absolute Gasteiger partial charge is 0.368 e. The lowest BCUT2D eigenvalue weighted by molar-refractivity contribution is -0.138. The zero-order valence-corrected chi connectivity index (χ0v) is 17.2. The van der Waals surface area contributed by atoms with E-state index in [2.05, 4.69) is 15.3 Å². The molecule has 5 nitrogen and oxygen atoms in total. The molecule has 0 spiro atoms. The maximum atomic E-state index is 13.5. The van der Waals surface area contributed by atoms with Crippen LogP contribution in [-0.4, -0.2) is 27.8 Å². The Labute approximate surface area is 178 Å². The maximum absolute atomic E-state index is 13.5. The molecule has 1 unspecified atom stereocenters. The van der Waals surface area contributed by atoms with Gasteiger partial charge < -0.3 is 11.1 Å². The Morgan fingerprint density at radius 1 is 1.06 bits per heavy atom. The molecule has 2 heterocycles. The fourth-order valence-corrected chi connectivity index (χ4v) is 3.23. The van der Waals surface area contributed by atoms with Gasteiger partial charge >= 0.3 is 6.18 Å². The summed E-state index contributed by atoms with van der Waals surface area (Å²) in [5.41, 5.74) is 5.36. The van der Waals surface area contributed by atoms with Crippen LogP contribution >= 0.6 is 0 Å². The third-order valence-corrected chi connectivity index (χ3v) is 4.79. The van der Waals surface area contributed by atoms with E-state index in [4.69, 9.17) is 5.73 Å². The lowest BCUT2D eigenvalue weighted by atomic mass is 9.94. The summed E-state index contributed by atoms with van der Waals surface area (Å²) < 4.78 is 40.6. The highest BCUT2D eigenvalue weighted by atomic mass is 19.4. The van der Waals surface area contributed by atoms with E-state index in [9.17, 15) is 18.0 Å². The van der Waals surface area contributed by atoms with E-state index in [1.54, 1.807) is 6.92 Å². The highest BCUT2D eigenvalue weighted by Gasteiger charge is 2.37. The van der Waals surface area contributed by atoms with Crippen LogP contribution in [0.2, 0.25) is 0 Å². The zero-order valence-electron chi connectivity index (χ0n) is 17.2. The Hall–Kier alpha value is -3.26. The zero-order chi connectivity index (χ0) is 22.6. The summed E-state index contributed by atoms with van der Waals surface area (Å²) in [5.74, 6) is -0.691. The van der Waals surface area contributed by atoms with Crippen molar-refractivity contribution in [2.24, 2.45) is 5.73 Å². The summed E-state index contributed by atoms with van der Waals surface area (Å²) in [6.45, 7) is 3.65. The van der Waals surface area contributed by atoms with Gasteiger partial charge in [0.15, 0.2) is 0 Å². The Bertz CT molecular complexity index is 1070. The van der Waals surface area contributed by atoms with Gasteiger partial charge in [-0.25, -0.2) is 4.98 Å². The van der Waals surface area contributed by atoms with E-state index in [0.29, 0.717) is 12.1 Å². The molecule has 0 fully saturated rings. The lowest BCUT2D eigenvalue weighted by Crippen LogP contribution is -2.45. The molecule has 0 aliphatic rings. The Kier molecular flexibility index (Phi) is 6.40. The van der Waals surface area contributed by atoms with E-state index >= 15 is 0 Å². The van der Waals surface area contributed by atoms with Crippen molar-refractivity contribution in [3.8, 4) is 0 Å². The first-order valence-corrected chi connectivity index (χ1v) is 9.68. The molecule has 2 aromatic heterocycles. The average Bonchev–Trinajstić information content (AvgIpc) is 2.72. The number of hydrogen-bond donors (Lipinski definition) is 2. The molecule has 1 atom stereocenters. The van der Waals surface area contributed by atoms with Crippen molar-refractivity contribution in [1.82, 2.24) is 9.97 Å². The number of nitrogens with two attached hydrogens (primary N) is 1.